The Balaban J connectivity index is 0.00000225. The van der Waals surface area contributed by atoms with Gasteiger partial charge in [-0.3, -0.25) is 9.78 Å². The summed E-state index contributed by atoms with van der Waals surface area (Å²) in [6, 6.07) is 13.4. The van der Waals surface area contributed by atoms with Crippen LogP contribution in [0, 0.1) is 0 Å². The highest BCUT2D eigenvalue weighted by atomic mass is 32.1. The molecule has 3 aromatic rings. The van der Waals surface area contributed by atoms with E-state index in [0.29, 0.717) is 12.2 Å². The van der Waals surface area contributed by atoms with Crippen molar-refractivity contribution in [2.24, 2.45) is 5.73 Å². The molecule has 0 unspecified atom stereocenters. The lowest BCUT2D eigenvalue weighted by atomic mass is 9.82. The predicted octanol–water partition coefficient (Wildman–Crippen LogP) is 2.63. The van der Waals surface area contributed by atoms with E-state index in [1.807, 2.05) is 36.4 Å². The molecular formula is C21H21BN2O3S. The number of hydrogen-bond donors (Lipinski definition) is 2. The molecule has 1 aromatic heterocycles. The molecule has 5 nitrogen and oxygen atoms in total. The summed E-state index contributed by atoms with van der Waals surface area (Å²) in [5, 5.41) is 11.7. The Morgan fingerprint density at radius 2 is 2.07 bits per heavy atom. The van der Waals surface area contributed by atoms with Crippen molar-refractivity contribution in [3.8, 4) is 5.75 Å². The second-order valence-corrected chi connectivity index (χ2v) is 6.62. The van der Waals surface area contributed by atoms with E-state index in [2.05, 4.69) is 4.98 Å². The highest BCUT2D eigenvalue weighted by molar-refractivity contribution is 7.59. The Bertz CT molecular complexity index is 1040. The molecule has 2 heterocycles. The van der Waals surface area contributed by atoms with Crippen LogP contribution in [0.2, 0.25) is 0 Å². The molecule has 3 N–H and O–H groups in total. The zero-order valence-corrected chi connectivity index (χ0v) is 16.2. The van der Waals surface area contributed by atoms with Crippen molar-refractivity contribution >= 4 is 43.2 Å². The summed E-state index contributed by atoms with van der Waals surface area (Å²) >= 11 is 0. The molecule has 0 fully saturated rings. The lowest BCUT2D eigenvalue weighted by molar-refractivity contribution is -0.119. The third kappa shape index (κ3) is 3.97. The predicted molar refractivity (Wildman–Crippen MR) is 117 cm³/mol. The number of nitrogens with two attached hydrogens (primary N) is 1. The Morgan fingerprint density at radius 3 is 2.89 bits per heavy atom. The monoisotopic (exact) mass is 392 g/mol. The Kier molecular flexibility index (Phi) is 6.19. The van der Waals surface area contributed by atoms with Gasteiger partial charge in [0.1, 0.15) is 11.5 Å². The number of pyridine rings is 1. The Hall–Kier alpha value is -2.61. The minimum atomic E-state index is -0.966. The number of hydrogen-bond acceptors (Lipinski definition) is 5. The summed E-state index contributed by atoms with van der Waals surface area (Å²) in [6.07, 6.45) is 5.64. The standard InChI is InChI=1S/C21H19BN2O3.H2S/c23-12-19(17-2-1-3-21-18(17)6-8-22(26)27-21)20(25)11-14-4-5-16-13-24-9-7-15(16)10-14;/h1-10,13,19,26H,11-12,23H2;1H2/t19-;/m1./s1. The van der Waals surface area contributed by atoms with Crippen LogP contribution in [-0.2, 0) is 11.2 Å². The quantitative estimate of drug-likeness (QED) is 0.652. The third-order valence-electron chi connectivity index (χ3n) is 4.86. The molecule has 0 spiro atoms. The highest BCUT2D eigenvalue weighted by Gasteiger charge is 2.26. The van der Waals surface area contributed by atoms with Crippen molar-refractivity contribution in [1.82, 2.24) is 4.98 Å². The van der Waals surface area contributed by atoms with Crippen LogP contribution in [0.3, 0.4) is 0 Å². The number of Topliss-reactive ketones (excluding diaryl/α,β-unsaturated/α-hetero) is 1. The number of aromatic nitrogens is 1. The summed E-state index contributed by atoms with van der Waals surface area (Å²) < 4.78 is 5.42. The number of ketones is 1. The van der Waals surface area contributed by atoms with Crippen LogP contribution in [0.15, 0.2) is 60.8 Å². The fourth-order valence-electron chi connectivity index (χ4n) is 3.49. The van der Waals surface area contributed by atoms with E-state index in [4.69, 9.17) is 10.4 Å². The Labute approximate surface area is 170 Å². The minimum Gasteiger partial charge on any atom is -0.532 e. The first-order valence-electron chi connectivity index (χ1n) is 8.87. The average Bonchev–Trinajstić information content (AvgIpc) is 2.68. The maximum Gasteiger partial charge on any atom is 0.552 e. The molecule has 2 aromatic carbocycles. The molecule has 28 heavy (non-hydrogen) atoms. The van der Waals surface area contributed by atoms with Crippen molar-refractivity contribution in [3.63, 3.8) is 0 Å². The first-order chi connectivity index (χ1) is 13.2. The van der Waals surface area contributed by atoms with Gasteiger partial charge >= 0.3 is 7.12 Å². The van der Waals surface area contributed by atoms with Gasteiger partial charge in [-0.1, -0.05) is 36.4 Å². The molecule has 1 atom stereocenters. The van der Waals surface area contributed by atoms with Gasteiger partial charge in [0.05, 0.1) is 5.92 Å². The maximum absolute atomic E-state index is 13.0. The second-order valence-electron chi connectivity index (χ2n) is 6.62. The number of nitrogens with zero attached hydrogens (tertiary/aromatic N) is 1. The fourth-order valence-corrected chi connectivity index (χ4v) is 3.49. The molecule has 0 saturated carbocycles. The van der Waals surface area contributed by atoms with Crippen molar-refractivity contribution in [3.05, 3.63) is 77.5 Å². The summed E-state index contributed by atoms with van der Waals surface area (Å²) in [7, 11) is -0.966. The van der Waals surface area contributed by atoms with Crippen LogP contribution in [0.1, 0.15) is 22.6 Å². The molecule has 1 aliphatic heterocycles. The summed E-state index contributed by atoms with van der Waals surface area (Å²) in [4.78, 5) is 17.1. The van der Waals surface area contributed by atoms with E-state index >= 15 is 0 Å². The van der Waals surface area contributed by atoms with E-state index < -0.39 is 13.0 Å². The van der Waals surface area contributed by atoms with Gasteiger partial charge in [0.15, 0.2) is 0 Å². The van der Waals surface area contributed by atoms with E-state index in [1.54, 1.807) is 30.5 Å². The topological polar surface area (TPSA) is 85.4 Å². The third-order valence-corrected chi connectivity index (χ3v) is 4.86. The molecule has 0 radical (unpaired) electrons. The van der Waals surface area contributed by atoms with Gasteiger partial charge in [0, 0.05) is 36.3 Å². The van der Waals surface area contributed by atoms with Crippen LogP contribution in [-0.4, -0.2) is 29.5 Å². The Morgan fingerprint density at radius 1 is 1.21 bits per heavy atom. The molecule has 0 bridgehead atoms. The molecule has 0 amide bonds. The fraction of sp³-hybridized carbons (Fsp3) is 0.143. The smallest absolute Gasteiger partial charge is 0.532 e. The van der Waals surface area contributed by atoms with Crippen molar-refractivity contribution < 1.29 is 14.5 Å². The second kappa shape index (κ2) is 8.60. The number of benzene rings is 2. The van der Waals surface area contributed by atoms with Crippen molar-refractivity contribution in [2.45, 2.75) is 12.3 Å². The first-order valence-corrected chi connectivity index (χ1v) is 8.87. The first kappa shape index (κ1) is 20.1. The number of rotatable bonds is 5. The lowest BCUT2D eigenvalue weighted by Crippen LogP contribution is -2.26. The largest absolute Gasteiger partial charge is 0.552 e. The van der Waals surface area contributed by atoms with E-state index in [9.17, 15) is 9.82 Å². The molecule has 4 rings (SSSR count). The van der Waals surface area contributed by atoms with Gasteiger partial charge in [-0.2, -0.15) is 13.5 Å². The normalized spacial score (nSPS) is 13.4. The SMILES string of the molecule is NC[C@@H](C(=O)Cc1ccc2cnccc2c1)c1cccc2c1C=CB(O)O2.S. The maximum atomic E-state index is 13.0. The van der Waals surface area contributed by atoms with Crippen LogP contribution in [0.4, 0.5) is 0 Å². The van der Waals surface area contributed by atoms with Gasteiger partial charge in [0.2, 0.25) is 0 Å². The highest BCUT2D eigenvalue weighted by Crippen LogP contribution is 2.32. The molecular weight excluding hydrogens is 371 g/mol. The van der Waals surface area contributed by atoms with Gasteiger partial charge in [-0.15, -0.1) is 0 Å². The summed E-state index contributed by atoms with van der Waals surface area (Å²) in [5.41, 5.74) is 8.54. The number of carbonyl (C=O) groups excluding carboxylic acids is 1. The zero-order valence-electron chi connectivity index (χ0n) is 15.2. The van der Waals surface area contributed by atoms with Gasteiger partial charge in [-0.05, 0) is 34.6 Å². The average molecular weight is 392 g/mol. The molecule has 142 valence electrons. The molecule has 1 aliphatic rings. The van der Waals surface area contributed by atoms with Crippen LogP contribution < -0.4 is 10.4 Å². The van der Waals surface area contributed by atoms with E-state index in [-0.39, 0.29) is 25.8 Å². The summed E-state index contributed by atoms with van der Waals surface area (Å²) in [5.74, 6) is 1.74. The number of carbonyl (C=O) groups is 1. The van der Waals surface area contributed by atoms with Crippen LogP contribution >= 0.6 is 13.5 Å². The lowest BCUT2D eigenvalue weighted by Gasteiger charge is -2.22. The number of fused-ring (bicyclic) bond motifs is 2. The molecule has 0 aliphatic carbocycles. The van der Waals surface area contributed by atoms with Crippen LogP contribution in [0.5, 0.6) is 5.75 Å². The van der Waals surface area contributed by atoms with E-state index in [1.165, 1.54) is 0 Å². The van der Waals surface area contributed by atoms with Gasteiger partial charge in [0.25, 0.3) is 0 Å². The molecule has 7 heteroatoms. The van der Waals surface area contributed by atoms with Crippen LogP contribution in [0.25, 0.3) is 16.8 Å². The minimum absolute atomic E-state index is 0. The van der Waals surface area contributed by atoms with E-state index in [0.717, 1.165) is 27.5 Å². The zero-order chi connectivity index (χ0) is 18.8. The van der Waals surface area contributed by atoms with Gasteiger partial charge < -0.3 is 15.4 Å². The van der Waals surface area contributed by atoms with Crippen molar-refractivity contribution in [2.75, 3.05) is 6.54 Å². The van der Waals surface area contributed by atoms with Gasteiger partial charge in [-0.25, -0.2) is 0 Å². The molecule has 0 saturated heterocycles. The summed E-state index contributed by atoms with van der Waals surface area (Å²) in [6.45, 7) is 0.211. The van der Waals surface area contributed by atoms with Crippen molar-refractivity contribution in [1.29, 1.82) is 0 Å².